The molecule has 0 bridgehead atoms. The predicted octanol–water partition coefficient (Wildman–Crippen LogP) is 4.07. The Morgan fingerprint density at radius 2 is 1.80 bits per heavy atom. The highest BCUT2D eigenvalue weighted by atomic mass is 35.5. The molecular formula is C24H23Cl2N5O3S. The Balaban J connectivity index is 1.74. The number of piperidine rings is 1. The molecule has 1 aliphatic rings. The summed E-state index contributed by atoms with van der Waals surface area (Å²) >= 11 is 12.6. The van der Waals surface area contributed by atoms with E-state index >= 15 is 0 Å². The molecule has 1 fully saturated rings. The van der Waals surface area contributed by atoms with E-state index in [1.807, 2.05) is 6.07 Å². The molecule has 0 spiro atoms. The van der Waals surface area contributed by atoms with Gasteiger partial charge in [0.15, 0.2) is 5.69 Å². The average Bonchev–Trinajstić information content (AvgIpc) is 3.19. The van der Waals surface area contributed by atoms with Gasteiger partial charge in [-0.2, -0.15) is 10.4 Å². The van der Waals surface area contributed by atoms with Crippen LogP contribution in [0.2, 0.25) is 10.0 Å². The third kappa shape index (κ3) is 5.52. The molecule has 1 saturated heterocycles. The fourth-order valence-corrected chi connectivity index (χ4v) is 5.38. The highest BCUT2D eigenvalue weighted by Gasteiger charge is 2.29. The van der Waals surface area contributed by atoms with Crippen molar-refractivity contribution in [1.29, 1.82) is 5.26 Å². The van der Waals surface area contributed by atoms with Crippen molar-refractivity contribution in [2.45, 2.75) is 25.3 Å². The van der Waals surface area contributed by atoms with Crippen molar-refractivity contribution >= 4 is 39.1 Å². The molecule has 0 radical (unpaired) electrons. The Labute approximate surface area is 214 Å². The van der Waals surface area contributed by atoms with Crippen LogP contribution < -0.4 is 5.32 Å². The van der Waals surface area contributed by atoms with E-state index in [0.29, 0.717) is 52.9 Å². The molecular weight excluding hydrogens is 509 g/mol. The molecule has 0 unspecified atom stereocenters. The number of halogens is 2. The highest BCUT2D eigenvalue weighted by Crippen LogP contribution is 2.33. The maximum absolute atomic E-state index is 13.4. The van der Waals surface area contributed by atoms with Crippen LogP contribution in [0.3, 0.4) is 0 Å². The first kappa shape index (κ1) is 25.2. The number of rotatable bonds is 6. The summed E-state index contributed by atoms with van der Waals surface area (Å²) in [5, 5.41) is 18.1. The van der Waals surface area contributed by atoms with Gasteiger partial charge >= 0.3 is 0 Å². The molecule has 2 aromatic carbocycles. The number of amides is 1. The van der Waals surface area contributed by atoms with Gasteiger partial charge in [-0.1, -0.05) is 47.5 Å². The highest BCUT2D eigenvalue weighted by molar-refractivity contribution is 7.88. The normalized spacial score (nSPS) is 15.0. The predicted molar refractivity (Wildman–Crippen MR) is 135 cm³/mol. The lowest BCUT2D eigenvalue weighted by Crippen LogP contribution is -2.46. The van der Waals surface area contributed by atoms with E-state index < -0.39 is 15.9 Å². The van der Waals surface area contributed by atoms with E-state index in [-0.39, 0.29) is 18.2 Å². The number of aromatic nitrogens is 2. The molecule has 8 nitrogen and oxygen atoms in total. The molecule has 3 aromatic rings. The zero-order valence-corrected chi connectivity index (χ0v) is 21.2. The van der Waals surface area contributed by atoms with Crippen LogP contribution in [0.4, 0.5) is 0 Å². The number of para-hydroxylation sites is 1. The van der Waals surface area contributed by atoms with Gasteiger partial charge in [0.2, 0.25) is 10.0 Å². The van der Waals surface area contributed by atoms with Crippen LogP contribution >= 0.6 is 23.2 Å². The van der Waals surface area contributed by atoms with Gasteiger partial charge in [0.25, 0.3) is 5.91 Å². The molecule has 1 N–H and O–H groups in total. The van der Waals surface area contributed by atoms with E-state index in [4.69, 9.17) is 23.2 Å². The summed E-state index contributed by atoms with van der Waals surface area (Å²) in [4.78, 5) is 13.4. The second-order valence-corrected chi connectivity index (χ2v) is 11.1. The minimum Gasteiger partial charge on any atom is -0.348 e. The maximum Gasteiger partial charge on any atom is 0.272 e. The standard InChI is InChI=1S/C24H23Cl2N5O3S/c1-35(33,34)30-14-11-18(12-15-30)28-24(32)22-19(10-13-27)23(16-6-8-17(25)9-7-16)31(29-22)21-5-3-2-4-20(21)26/h2-9,18H,10-12,14-15H2,1H3,(H,28,32). The molecule has 35 heavy (non-hydrogen) atoms. The van der Waals surface area contributed by atoms with Crippen LogP contribution in [0, 0.1) is 11.3 Å². The summed E-state index contributed by atoms with van der Waals surface area (Å²) in [6.45, 7) is 0.665. The lowest BCUT2D eigenvalue weighted by Gasteiger charge is -2.30. The van der Waals surface area contributed by atoms with Crippen molar-refractivity contribution in [1.82, 2.24) is 19.4 Å². The first-order chi connectivity index (χ1) is 16.7. The second kappa shape index (κ2) is 10.4. The maximum atomic E-state index is 13.4. The van der Waals surface area contributed by atoms with Crippen LogP contribution in [-0.4, -0.2) is 53.8 Å². The Morgan fingerprint density at radius 3 is 2.40 bits per heavy atom. The van der Waals surface area contributed by atoms with Crippen LogP contribution in [0.5, 0.6) is 0 Å². The first-order valence-corrected chi connectivity index (χ1v) is 13.5. The van der Waals surface area contributed by atoms with Gasteiger partial charge in [-0.15, -0.1) is 0 Å². The Hall–Kier alpha value is -2.90. The SMILES string of the molecule is CS(=O)(=O)N1CCC(NC(=O)c2nn(-c3ccccc3Cl)c(-c3ccc(Cl)cc3)c2CC#N)CC1. The molecule has 4 rings (SSSR count). The lowest BCUT2D eigenvalue weighted by molar-refractivity contribution is 0.0917. The van der Waals surface area contributed by atoms with Gasteiger partial charge in [-0.25, -0.2) is 17.4 Å². The third-order valence-corrected chi connectivity index (χ3v) is 7.79. The number of nitriles is 1. The number of carbonyl (C=O) groups excluding carboxylic acids is 1. The second-order valence-electron chi connectivity index (χ2n) is 8.29. The molecule has 0 saturated carbocycles. The fourth-order valence-electron chi connectivity index (χ4n) is 4.17. The number of sulfonamides is 1. The van der Waals surface area contributed by atoms with E-state index in [0.717, 1.165) is 5.56 Å². The van der Waals surface area contributed by atoms with Gasteiger partial charge in [0.1, 0.15) is 0 Å². The van der Waals surface area contributed by atoms with Crippen LogP contribution in [0.15, 0.2) is 48.5 Å². The van der Waals surface area contributed by atoms with E-state index in [2.05, 4.69) is 16.5 Å². The van der Waals surface area contributed by atoms with Crippen LogP contribution in [0.25, 0.3) is 16.9 Å². The number of nitrogens with one attached hydrogen (secondary N) is 1. The summed E-state index contributed by atoms with van der Waals surface area (Å²) in [6.07, 6.45) is 2.11. The Kier molecular flexibility index (Phi) is 7.47. The number of carbonyl (C=O) groups is 1. The summed E-state index contributed by atoms with van der Waals surface area (Å²) in [5.74, 6) is -0.422. The van der Waals surface area contributed by atoms with Crippen LogP contribution in [0.1, 0.15) is 28.9 Å². The summed E-state index contributed by atoms with van der Waals surface area (Å²) in [7, 11) is -3.27. The molecule has 0 atom stereocenters. The number of benzene rings is 2. The quantitative estimate of drug-likeness (QED) is 0.515. The van der Waals surface area contributed by atoms with Crippen molar-refractivity contribution in [2.24, 2.45) is 0 Å². The number of nitrogens with zero attached hydrogens (tertiary/aromatic N) is 4. The fraction of sp³-hybridized carbons (Fsp3) is 0.292. The first-order valence-electron chi connectivity index (χ1n) is 10.9. The molecule has 11 heteroatoms. The topological polar surface area (TPSA) is 108 Å². The van der Waals surface area contributed by atoms with Gasteiger partial charge in [0.05, 0.1) is 35.1 Å². The third-order valence-electron chi connectivity index (χ3n) is 5.91. The summed E-state index contributed by atoms with van der Waals surface area (Å²) < 4.78 is 26.6. The zero-order valence-electron chi connectivity index (χ0n) is 18.9. The van der Waals surface area contributed by atoms with E-state index in [9.17, 15) is 18.5 Å². The minimum atomic E-state index is -3.27. The van der Waals surface area contributed by atoms with Crippen LogP contribution in [-0.2, 0) is 16.4 Å². The summed E-state index contributed by atoms with van der Waals surface area (Å²) in [6, 6.07) is 16.1. The van der Waals surface area contributed by atoms with Crippen molar-refractivity contribution in [3.05, 3.63) is 69.8 Å². The minimum absolute atomic E-state index is 0.0440. The summed E-state index contributed by atoms with van der Waals surface area (Å²) in [5.41, 5.74) is 2.47. The van der Waals surface area contributed by atoms with Crippen molar-refractivity contribution in [3.63, 3.8) is 0 Å². The van der Waals surface area contributed by atoms with Gasteiger partial charge in [0, 0.05) is 35.3 Å². The van der Waals surface area contributed by atoms with Crippen molar-refractivity contribution in [3.8, 4) is 23.0 Å². The molecule has 0 aliphatic carbocycles. The van der Waals surface area contributed by atoms with Crippen molar-refractivity contribution < 1.29 is 13.2 Å². The van der Waals surface area contributed by atoms with Crippen molar-refractivity contribution in [2.75, 3.05) is 19.3 Å². The lowest BCUT2D eigenvalue weighted by atomic mass is 10.0. The number of hydrogen-bond acceptors (Lipinski definition) is 5. The van der Waals surface area contributed by atoms with Gasteiger partial charge < -0.3 is 5.32 Å². The number of hydrogen-bond donors (Lipinski definition) is 1. The van der Waals surface area contributed by atoms with Gasteiger partial charge in [-0.3, -0.25) is 4.79 Å². The molecule has 2 heterocycles. The molecule has 182 valence electrons. The molecule has 1 aromatic heterocycles. The molecule has 1 aliphatic heterocycles. The zero-order chi connectivity index (χ0) is 25.2. The monoisotopic (exact) mass is 531 g/mol. The largest absolute Gasteiger partial charge is 0.348 e. The van der Waals surface area contributed by atoms with Gasteiger partial charge in [-0.05, 0) is 37.1 Å². The Morgan fingerprint density at radius 1 is 1.14 bits per heavy atom. The van der Waals surface area contributed by atoms with E-state index in [1.165, 1.54) is 10.6 Å². The molecule has 1 amide bonds. The Bertz CT molecular complexity index is 1390. The average molecular weight is 532 g/mol. The smallest absolute Gasteiger partial charge is 0.272 e. The van der Waals surface area contributed by atoms with E-state index in [1.54, 1.807) is 47.1 Å².